The third-order valence-corrected chi connectivity index (χ3v) is 5.41. The van der Waals surface area contributed by atoms with Crippen molar-refractivity contribution in [2.75, 3.05) is 13.2 Å². The van der Waals surface area contributed by atoms with E-state index in [1.807, 2.05) is 42.5 Å². The molecule has 0 fully saturated rings. The van der Waals surface area contributed by atoms with Gasteiger partial charge >= 0.3 is 0 Å². The second kappa shape index (κ2) is 5.78. The van der Waals surface area contributed by atoms with Crippen LogP contribution in [0.25, 0.3) is 10.8 Å². The van der Waals surface area contributed by atoms with Crippen molar-refractivity contribution in [1.82, 2.24) is 9.80 Å². The standard InChI is InChI=1S/C22H18N2O2/c25-21-18-9-3-7-16-8-4-10-19(20(16)18)22(26)24(21)14-23-12-11-15-5-1-2-6-17(15)13-23/h1-10H,11-14H2. The molecule has 3 aromatic carbocycles. The maximum absolute atomic E-state index is 13.0. The van der Waals surface area contributed by atoms with E-state index in [9.17, 15) is 9.59 Å². The Kier molecular flexibility index (Phi) is 3.40. The van der Waals surface area contributed by atoms with Crippen LogP contribution in [0, 0.1) is 0 Å². The molecule has 0 N–H and O–H groups in total. The van der Waals surface area contributed by atoms with Gasteiger partial charge in [-0.2, -0.15) is 0 Å². The number of amides is 2. The van der Waals surface area contributed by atoms with Crippen molar-refractivity contribution in [3.05, 3.63) is 82.9 Å². The first-order valence-corrected chi connectivity index (χ1v) is 8.89. The molecule has 0 aliphatic carbocycles. The predicted molar refractivity (Wildman–Crippen MR) is 99.9 cm³/mol. The maximum Gasteiger partial charge on any atom is 0.262 e. The fourth-order valence-corrected chi connectivity index (χ4v) is 4.08. The van der Waals surface area contributed by atoms with E-state index in [-0.39, 0.29) is 11.8 Å². The molecule has 0 unspecified atom stereocenters. The fourth-order valence-electron chi connectivity index (χ4n) is 4.08. The Morgan fingerprint density at radius 3 is 2.12 bits per heavy atom. The average Bonchev–Trinajstić information content (AvgIpc) is 2.69. The molecular formula is C22H18N2O2. The largest absolute Gasteiger partial charge is 0.281 e. The normalized spacial score (nSPS) is 16.8. The van der Waals surface area contributed by atoms with Gasteiger partial charge in [-0.05, 0) is 35.1 Å². The van der Waals surface area contributed by atoms with Crippen molar-refractivity contribution >= 4 is 22.6 Å². The van der Waals surface area contributed by atoms with Crippen LogP contribution in [-0.4, -0.2) is 34.8 Å². The lowest BCUT2D eigenvalue weighted by molar-refractivity contribution is 0.0481. The van der Waals surface area contributed by atoms with Crippen molar-refractivity contribution < 1.29 is 9.59 Å². The summed E-state index contributed by atoms with van der Waals surface area (Å²) in [4.78, 5) is 29.6. The molecule has 0 aromatic heterocycles. The number of nitrogens with zero attached hydrogens (tertiary/aromatic N) is 2. The van der Waals surface area contributed by atoms with Crippen molar-refractivity contribution in [2.45, 2.75) is 13.0 Å². The van der Waals surface area contributed by atoms with E-state index in [0.29, 0.717) is 17.8 Å². The smallest absolute Gasteiger partial charge is 0.262 e. The highest BCUT2D eigenvalue weighted by Crippen LogP contribution is 2.30. The Balaban J connectivity index is 1.48. The van der Waals surface area contributed by atoms with Crippen LogP contribution in [0.2, 0.25) is 0 Å². The number of imide groups is 1. The van der Waals surface area contributed by atoms with E-state index in [4.69, 9.17) is 0 Å². The first-order valence-electron chi connectivity index (χ1n) is 8.89. The molecule has 3 aromatic rings. The Labute approximate surface area is 151 Å². The van der Waals surface area contributed by atoms with Crippen LogP contribution in [-0.2, 0) is 13.0 Å². The molecule has 0 saturated carbocycles. The van der Waals surface area contributed by atoms with Gasteiger partial charge in [-0.15, -0.1) is 0 Å². The SMILES string of the molecule is O=C1c2cccc3cccc(c23)C(=O)N1CN1CCc2ccccc2C1. The number of carbonyl (C=O) groups excluding carboxylic acids is 2. The van der Waals surface area contributed by atoms with Gasteiger partial charge in [0.05, 0.1) is 6.67 Å². The van der Waals surface area contributed by atoms with Crippen molar-refractivity contribution in [3.8, 4) is 0 Å². The number of hydrogen-bond donors (Lipinski definition) is 0. The molecule has 0 atom stereocenters. The summed E-state index contributed by atoms with van der Waals surface area (Å²) in [5, 5.41) is 1.72. The Morgan fingerprint density at radius 2 is 1.42 bits per heavy atom. The summed E-state index contributed by atoms with van der Waals surface area (Å²) in [5.74, 6) is -0.392. The molecule has 2 aliphatic heterocycles. The van der Waals surface area contributed by atoms with E-state index in [1.165, 1.54) is 16.0 Å². The van der Waals surface area contributed by atoms with Gasteiger partial charge in [-0.3, -0.25) is 19.4 Å². The maximum atomic E-state index is 13.0. The lowest BCUT2D eigenvalue weighted by Crippen LogP contribution is -2.48. The van der Waals surface area contributed by atoms with Crippen LogP contribution in [0.4, 0.5) is 0 Å². The molecule has 0 spiro atoms. The van der Waals surface area contributed by atoms with Gasteiger partial charge in [-0.1, -0.05) is 48.5 Å². The molecule has 128 valence electrons. The third kappa shape index (κ3) is 2.26. The monoisotopic (exact) mass is 342 g/mol. The van der Waals surface area contributed by atoms with Crippen LogP contribution < -0.4 is 0 Å². The predicted octanol–water partition coefficient (Wildman–Crippen LogP) is 3.45. The van der Waals surface area contributed by atoms with Crippen LogP contribution in [0.15, 0.2) is 60.7 Å². The van der Waals surface area contributed by atoms with Crippen LogP contribution in [0.1, 0.15) is 31.8 Å². The van der Waals surface area contributed by atoms with E-state index in [1.54, 1.807) is 0 Å². The molecular weight excluding hydrogens is 324 g/mol. The van der Waals surface area contributed by atoms with Gasteiger partial charge in [0.2, 0.25) is 0 Å². The highest BCUT2D eigenvalue weighted by Gasteiger charge is 2.34. The van der Waals surface area contributed by atoms with E-state index < -0.39 is 0 Å². The summed E-state index contributed by atoms with van der Waals surface area (Å²) in [7, 11) is 0. The molecule has 5 rings (SSSR count). The highest BCUT2D eigenvalue weighted by atomic mass is 16.2. The number of rotatable bonds is 2. The zero-order valence-electron chi connectivity index (χ0n) is 14.3. The quantitative estimate of drug-likeness (QED) is 0.670. The minimum Gasteiger partial charge on any atom is -0.281 e. The number of fused-ring (bicyclic) bond motifs is 1. The zero-order valence-corrected chi connectivity index (χ0v) is 14.3. The van der Waals surface area contributed by atoms with Crippen LogP contribution >= 0.6 is 0 Å². The molecule has 0 radical (unpaired) electrons. The summed E-state index contributed by atoms with van der Waals surface area (Å²) in [5.41, 5.74) is 3.87. The minimum absolute atomic E-state index is 0.196. The molecule has 4 heteroatoms. The first-order chi connectivity index (χ1) is 12.7. The van der Waals surface area contributed by atoms with E-state index in [0.717, 1.165) is 30.3 Å². The average molecular weight is 342 g/mol. The van der Waals surface area contributed by atoms with Gasteiger partial charge < -0.3 is 0 Å². The van der Waals surface area contributed by atoms with Gasteiger partial charge in [0, 0.05) is 29.6 Å². The third-order valence-electron chi connectivity index (χ3n) is 5.41. The summed E-state index contributed by atoms with van der Waals surface area (Å²) in [6.45, 7) is 1.94. The minimum atomic E-state index is -0.196. The number of benzene rings is 3. The number of hydrogen-bond acceptors (Lipinski definition) is 3. The lowest BCUT2D eigenvalue weighted by Gasteiger charge is -2.34. The molecule has 2 heterocycles. The topological polar surface area (TPSA) is 40.6 Å². The van der Waals surface area contributed by atoms with Gasteiger partial charge in [-0.25, -0.2) is 0 Å². The Hall–Kier alpha value is -2.98. The summed E-state index contributed by atoms with van der Waals surface area (Å²) < 4.78 is 0. The summed E-state index contributed by atoms with van der Waals surface area (Å²) >= 11 is 0. The molecule has 2 amide bonds. The molecule has 0 bridgehead atoms. The molecule has 26 heavy (non-hydrogen) atoms. The zero-order chi connectivity index (χ0) is 17.7. The van der Waals surface area contributed by atoms with Gasteiger partial charge in [0.25, 0.3) is 11.8 Å². The lowest BCUT2D eigenvalue weighted by atomic mass is 9.94. The van der Waals surface area contributed by atoms with E-state index >= 15 is 0 Å². The number of carbonyl (C=O) groups is 2. The first kappa shape index (κ1) is 15.3. The van der Waals surface area contributed by atoms with E-state index in [2.05, 4.69) is 23.1 Å². The Bertz CT molecular complexity index is 1010. The second-order valence-electron chi connectivity index (χ2n) is 6.96. The fraction of sp³-hybridized carbons (Fsp3) is 0.182. The second-order valence-corrected chi connectivity index (χ2v) is 6.96. The highest BCUT2D eigenvalue weighted by molar-refractivity contribution is 6.25. The molecule has 2 aliphatic rings. The summed E-state index contributed by atoms with van der Waals surface area (Å²) in [6, 6.07) is 19.7. The van der Waals surface area contributed by atoms with Gasteiger partial charge in [0.15, 0.2) is 0 Å². The molecule has 4 nitrogen and oxygen atoms in total. The summed E-state index contributed by atoms with van der Waals surface area (Å²) in [6.07, 6.45) is 0.943. The molecule has 0 saturated heterocycles. The van der Waals surface area contributed by atoms with Crippen molar-refractivity contribution in [1.29, 1.82) is 0 Å². The van der Waals surface area contributed by atoms with Crippen molar-refractivity contribution in [2.24, 2.45) is 0 Å². The van der Waals surface area contributed by atoms with Crippen molar-refractivity contribution in [3.63, 3.8) is 0 Å². The van der Waals surface area contributed by atoms with Crippen LogP contribution in [0.5, 0.6) is 0 Å². The van der Waals surface area contributed by atoms with Crippen LogP contribution in [0.3, 0.4) is 0 Å². The van der Waals surface area contributed by atoms with Gasteiger partial charge in [0.1, 0.15) is 0 Å². The Morgan fingerprint density at radius 1 is 0.769 bits per heavy atom.